The molecule has 0 amide bonds. The lowest BCUT2D eigenvalue weighted by Crippen LogP contribution is -2.02. The second-order valence-corrected chi connectivity index (χ2v) is 3.69. The Morgan fingerprint density at radius 2 is 2.25 bits per heavy atom. The van der Waals surface area contributed by atoms with Gasteiger partial charge in [-0.3, -0.25) is 0 Å². The minimum Gasteiger partial charge on any atom is -0.467 e. The van der Waals surface area contributed by atoms with Gasteiger partial charge in [-0.05, 0) is 18.2 Å². The molecule has 16 heavy (non-hydrogen) atoms. The number of hydrogen-bond acceptors (Lipinski definition) is 3. The summed E-state index contributed by atoms with van der Waals surface area (Å²) in [5, 5.41) is 3.05. The van der Waals surface area contributed by atoms with Crippen molar-refractivity contribution in [1.82, 2.24) is 0 Å². The van der Waals surface area contributed by atoms with Crippen molar-refractivity contribution in [2.24, 2.45) is 0 Å². The molecule has 1 aromatic carbocycles. The third-order valence-corrected chi connectivity index (χ3v) is 2.42. The maximum atomic E-state index is 13.0. The van der Waals surface area contributed by atoms with Gasteiger partial charge in [0.25, 0.3) is 0 Å². The van der Waals surface area contributed by atoms with Crippen molar-refractivity contribution in [3.63, 3.8) is 0 Å². The molecule has 3 N–H and O–H groups in total. The minimum absolute atomic E-state index is 0.0381. The number of halogens is 2. The standard InChI is InChI=1S/C11H10ClFN2O/c12-8-4-11(10(14)5-9(8)13)15-6-7-2-1-3-16-7/h1-5,15H,6,14H2. The number of nitrogens with one attached hydrogen (secondary N) is 1. The molecule has 0 unspecified atom stereocenters. The quantitative estimate of drug-likeness (QED) is 0.810. The fraction of sp³-hybridized carbons (Fsp3) is 0.0909. The second-order valence-electron chi connectivity index (χ2n) is 3.29. The summed E-state index contributed by atoms with van der Waals surface area (Å²) in [5.74, 6) is 0.238. The number of furan rings is 1. The lowest BCUT2D eigenvalue weighted by atomic mass is 10.2. The van der Waals surface area contributed by atoms with Crippen molar-refractivity contribution in [1.29, 1.82) is 0 Å². The summed E-state index contributed by atoms with van der Waals surface area (Å²) in [4.78, 5) is 0. The van der Waals surface area contributed by atoms with Gasteiger partial charge in [-0.25, -0.2) is 4.39 Å². The van der Waals surface area contributed by atoms with Gasteiger partial charge in [-0.1, -0.05) is 11.6 Å². The van der Waals surface area contributed by atoms with Gasteiger partial charge < -0.3 is 15.5 Å². The third kappa shape index (κ3) is 2.28. The molecule has 0 fully saturated rings. The van der Waals surface area contributed by atoms with E-state index in [1.807, 2.05) is 6.07 Å². The normalized spacial score (nSPS) is 10.4. The first kappa shape index (κ1) is 10.8. The minimum atomic E-state index is -0.525. The Morgan fingerprint density at radius 3 is 2.94 bits per heavy atom. The maximum absolute atomic E-state index is 13.0. The molecule has 2 rings (SSSR count). The molecule has 3 nitrogen and oxygen atoms in total. The maximum Gasteiger partial charge on any atom is 0.143 e. The van der Waals surface area contributed by atoms with Crippen LogP contribution in [0.15, 0.2) is 34.9 Å². The summed E-state index contributed by atoms with van der Waals surface area (Å²) < 4.78 is 18.2. The molecule has 0 saturated heterocycles. The molecule has 0 atom stereocenters. The zero-order valence-corrected chi connectivity index (χ0v) is 9.09. The molecule has 5 heteroatoms. The Morgan fingerprint density at radius 1 is 1.44 bits per heavy atom. The molecular weight excluding hydrogens is 231 g/mol. The van der Waals surface area contributed by atoms with E-state index >= 15 is 0 Å². The van der Waals surface area contributed by atoms with Gasteiger partial charge >= 0.3 is 0 Å². The summed E-state index contributed by atoms with van der Waals surface area (Å²) in [6, 6.07) is 6.26. The lowest BCUT2D eigenvalue weighted by Gasteiger charge is -2.08. The van der Waals surface area contributed by atoms with E-state index < -0.39 is 5.82 Å². The van der Waals surface area contributed by atoms with E-state index in [9.17, 15) is 4.39 Å². The highest BCUT2D eigenvalue weighted by atomic mass is 35.5. The summed E-state index contributed by atoms with van der Waals surface area (Å²) in [5.41, 5.74) is 6.54. The van der Waals surface area contributed by atoms with Crippen molar-refractivity contribution in [3.8, 4) is 0 Å². The Hall–Kier alpha value is -1.68. The average Bonchev–Trinajstić information content (AvgIpc) is 2.74. The van der Waals surface area contributed by atoms with Crippen molar-refractivity contribution in [3.05, 3.63) is 47.1 Å². The van der Waals surface area contributed by atoms with Gasteiger partial charge in [0.15, 0.2) is 0 Å². The fourth-order valence-corrected chi connectivity index (χ4v) is 1.47. The summed E-state index contributed by atoms with van der Waals surface area (Å²) in [7, 11) is 0. The van der Waals surface area contributed by atoms with Crippen molar-refractivity contribution >= 4 is 23.0 Å². The fourth-order valence-electron chi connectivity index (χ4n) is 1.31. The Bertz CT molecular complexity index is 485. The molecule has 0 radical (unpaired) electrons. The monoisotopic (exact) mass is 240 g/mol. The van der Waals surface area contributed by atoms with Gasteiger partial charge in [0, 0.05) is 6.07 Å². The zero-order valence-electron chi connectivity index (χ0n) is 8.34. The van der Waals surface area contributed by atoms with Crippen LogP contribution in [0.2, 0.25) is 5.02 Å². The number of anilines is 2. The van der Waals surface area contributed by atoms with Gasteiger partial charge in [0.2, 0.25) is 0 Å². The predicted molar refractivity (Wildman–Crippen MR) is 61.9 cm³/mol. The van der Waals surface area contributed by atoms with Crippen LogP contribution in [0.1, 0.15) is 5.76 Å². The van der Waals surface area contributed by atoms with Crippen LogP contribution in [0.3, 0.4) is 0 Å². The summed E-state index contributed by atoms with van der Waals surface area (Å²) in [6.45, 7) is 0.471. The third-order valence-electron chi connectivity index (χ3n) is 2.13. The van der Waals surface area contributed by atoms with Crippen molar-refractivity contribution in [2.75, 3.05) is 11.1 Å². The van der Waals surface area contributed by atoms with E-state index in [2.05, 4.69) is 5.32 Å². The molecule has 1 aromatic heterocycles. The van der Waals surface area contributed by atoms with Crippen molar-refractivity contribution < 1.29 is 8.81 Å². The van der Waals surface area contributed by atoms with E-state index in [1.54, 1.807) is 12.3 Å². The topological polar surface area (TPSA) is 51.2 Å². The molecule has 0 saturated carbocycles. The van der Waals surface area contributed by atoms with Gasteiger partial charge in [0.1, 0.15) is 11.6 Å². The lowest BCUT2D eigenvalue weighted by molar-refractivity contribution is 0.518. The molecule has 1 heterocycles. The summed E-state index contributed by atoms with van der Waals surface area (Å²) in [6.07, 6.45) is 1.58. The number of hydrogen-bond donors (Lipinski definition) is 2. The van der Waals surface area contributed by atoms with Crippen LogP contribution >= 0.6 is 11.6 Å². The smallest absolute Gasteiger partial charge is 0.143 e. The average molecular weight is 241 g/mol. The number of rotatable bonds is 3. The predicted octanol–water partition coefficient (Wildman–Crippen LogP) is 3.27. The highest BCUT2D eigenvalue weighted by molar-refractivity contribution is 6.31. The molecule has 2 aromatic rings. The van der Waals surface area contributed by atoms with E-state index in [0.29, 0.717) is 17.9 Å². The molecule has 0 bridgehead atoms. The van der Waals surface area contributed by atoms with Crippen LogP contribution < -0.4 is 11.1 Å². The Labute approximate surface area is 97.0 Å². The van der Waals surface area contributed by atoms with Gasteiger partial charge in [-0.15, -0.1) is 0 Å². The largest absolute Gasteiger partial charge is 0.467 e. The molecule has 0 aliphatic rings. The first-order chi connectivity index (χ1) is 7.66. The van der Waals surface area contributed by atoms with Crippen LogP contribution in [0.5, 0.6) is 0 Å². The number of nitrogen functional groups attached to an aromatic ring is 1. The Balaban J connectivity index is 2.12. The SMILES string of the molecule is Nc1cc(F)c(Cl)cc1NCc1ccco1. The highest BCUT2D eigenvalue weighted by Crippen LogP contribution is 2.26. The van der Waals surface area contributed by atoms with Gasteiger partial charge in [0.05, 0.1) is 29.2 Å². The van der Waals surface area contributed by atoms with Crippen molar-refractivity contribution in [2.45, 2.75) is 6.54 Å². The van der Waals surface area contributed by atoms with E-state index in [0.717, 1.165) is 5.76 Å². The first-order valence-electron chi connectivity index (χ1n) is 4.67. The van der Waals surface area contributed by atoms with Crippen LogP contribution in [-0.2, 0) is 6.54 Å². The molecule has 84 valence electrons. The first-order valence-corrected chi connectivity index (χ1v) is 5.05. The van der Waals surface area contributed by atoms with E-state index in [1.165, 1.54) is 12.1 Å². The number of nitrogens with two attached hydrogens (primary N) is 1. The molecule has 0 aliphatic heterocycles. The van der Waals surface area contributed by atoms with E-state index in [-0.39, 0.29) is 5.02 Å². The van der Waals surface area contributed by atoms with Crippen LogP contribution in [0.25, 0.3) is 0 Å². The molecule has 0 spiro atoms. The van der Waals surface area contributed by atoms with E-state index in [4.69, 9.17) is 21.8 Å². The molecular formula is C11H10ClFN2O. The number of benzene rings is 1. The van der Waals surface area contributed by atoms with Crippen LogP contribution in [0, 0.1) is 5.82 Å². The van der Waals surface area contributed by atoms with Gasteiger partial charge in [-0.2, -0.15) is 0 Å². The second kappa shape index (κ2) is 4.45. The van der Waals surface area contributed by atoms with Crippen LogP contribution in [0.4, 0.5) is 15.8 Å². The van der Waals surface area contributed by atoms with Crippen LogP contribution in [-0.4, -0.2) is 0 Å². The zero-order chi connectivity index (χ0) is 11.5. The highest BCUT2D eigenvalue weighted by Gasteiger charge is 2.06. The molecule has 0 aliphatic carbocycles. The Kier molecular flexibility index (Phi) is 3.01. The summed E-state index contributed by atoms with van der Waals surface area (Å²) >= 11 is 5.65.